The van der Waals surface area contributed by atoms with Gasteiger partial charge in [0.2, 0.25) is 11.8 Å². The zero-order chi connectivity index (χ0) is 22.2. The third-order valence-corrected chi connectivity index (χ3v) is 8.15. The Kier molecular flexibility index (Phi) is 6.11. The molecule has 3 saturated heterocycles. The van der Waals surface area contributed by atoms with Gasteiger partial charge in [0.25, 0.3) is 0 Å². The van der Waals surface area contributed by atoms with Crippen LogP contribution in [0.15, 0.2) is 18.2 Å². The minimum atomic E-state index is -3.20. The molecule has 10 heteroatoms. The summed E-state index contributed by atoms with van der Waals surface area (Å²) in [6, 6.07) is 4.55. The summed E-state index contributed by atoms with van der Waals surface area (Å²) in [6.45, 7) is 1.93. The van der Waals surface area contributed by atoms with E-state index in [1.54, 1.807) is 25.3 Å². The number of methoxy groups -OCH3 is 2. The van der Waals surface area contributed by atoms with Gasteiger partial charge < -0.3 is 19.7 Å². The van der Waals surface area contributed by atoms with Crippen molar-refractivity contribution in [2.75, 3.05) is 50.3 Å². The number of likely N-dealkylation sites (tertiary alicyclic amines) is 1. The first-order valence-electron chi connectivity index (χ1n) is 10.6. The lowest BCUT2D eigenvalue weighted by atomic mass is 10.1. The number of sulfone groups is 1. The number of carbonyl (C=O) groups is 2. The molecule has 3 aliphatic heterocycles. The van der Waals surface area contributed by atoms with Gasteiger partial charge in [-0.05, 0) is 38.1 Å². The second-order valence-electron chi connectivity index (χ2n) is 8.45. The molecule has 0 aliphatic carbocycles. The third kappa shape index (κ3) is 4.50. The number of rotatable bonds is 6. The Labute approximate surface area is 182 Å². The summed E-state index contributed by atoms with van der Waals surface area (Å²) in [7, 11) is -0.132. The normalized spacial score (nSPS) is 28.1. The van der Waals surface area contributed by atoms with E-state index in [4.69, 9.17) is 9.47 Å². The molecule has 1 N–H and O–H groups in total. The van der Waals surface area contributed by atoms with Gasteiger partial charge in [0.05, 0.1) is 43.4 Å². The van der Waals surface area contributed by atoms with Crippen LogP contribution in [0.5, 0.6) is 11.5 Å². The summed E-state index contributed by atoms with van der Waals surface area (Å²) in [5.41, 5.74) is 0.556. The van der Waals surface area contributed by atoms with Gasteiger partial charge in [-0.15, -0.1) is 0 Å². The molecule has 2 amide bonds. The molecule has 0 radical (unpaired) electrons. The standard InChI is InChI=1S/C21H29N3O6S/c1-29-15-5-6-19(30-2)17(10-15)24-11-14(9-20(24)25)21(26)22-16-12-31(27,28)13-18(16)23-7-3-4-8-23/h5-6,10,14,16,18H,3-4,7-9,11-13H2,1-2H3,(H,22,26). The molecular weight excluding hydrogens is 422 g/mol. The Morgan fingerprint density at radius 2 is 1.87 bits per heavy atom. The maximum Gasteiger partial charge on any atom is 0.227 e. The van der Waals surface area contributed by atoms with Crippen LogP contribution in [0.25, 0.3) is 0 Å². The SMILES string of the molecule is COc1ccc(OC)c(N2CC(C(=O)NC3CS(=O)(=O)CC3N3CCCC3)CC2=O)c1. The highest BCUT2D eigenvalue weighted by atomic mass is 32.2. The number of hydrogen-bond acceptors (Lipinski definition) is 7. The zero-order valence-corrected chi connectivity index (χ0v) is 18.7. The number of hydrogen-bond donors (Lipinski definition) is 1. The fraction of sp³-hybridized carbons (Fsp3) is 0.619. The van der Waals surface area contributed by atoms with Gasteiger partial charge >= 0.3 is 0 Å². The number of nitrogens with one attached hydrogen (secondary N) is 1. The summed E-state index contributed by atoms with van der Waals surface area (Å²) in [5.74, 6) is 0.131. The van der Waals surface area contributed by atoms with Crippen LogP contribution in [0.1, 0.15) is 19.3 Å². The largest absolute Gasteiger partial charge is 0.497 e. The molecule has 3 fully saturated rings. The number of nitrogens with zero attached hydrogens (tertiary/aromatic N) is 2. The van der Waals surface area contributed by atoms with E-state index in [1.807, 2.05) is 0 Å². The Hall–Kier alpha value is -2.33. The molecule has 3 heterocycles. The highest BCUT2D eigenvalue weighted by Crippen LogP contribution is 2.36. The van der Waals surface area contributed by atoms with Crippen molar-refractivity contribution in [2.24, 2.45) is 5.92 Å². The molecule has 0 aromatic heterocycles. The van der Waals surface area contributed by atoms with E-state index >= 15 is 0 Å². The smallest absolute Gasteiger partial charge is 0.227 e. The van der Waals surface area contributed by atoms with Gasteiger partial charge in [0, 0.05) is 25.1 Å². The topological polar surface area (TPSA) is 105 Å². The molecule has 3 aliphatic rings. The van der Waals surface area contributed by atoms with Gasteiger partial charge in [-0.3, -0.25) is 14.5 Å². The van der Waals surface area contributed by atoms with Crippen LogP contribution in [-0.4, -0.2) is 82.6 Å². The number of amides is 2. The van der Waals surface area contributed by atoms with Crippen molar-refractivity contribution in [3.05, 3.63) is 18.2 Å². The second-order valence-corrected chi connectivity index (χ2v) is 10.6. The van der Waals surface area contributed by atoms with Crippen LogP contribution in [0, 0.1) is 5.92 Å². The molecule has 9 nitrogen and oxygen atoms in total. The first-order valence-corrected chi connectivity index (χ1v) is 12.4. The fourth-order valence-corrected chi connectivity index (χ4v) is 6.78. The van der Waals surface area contributed by atoms with Crippen molar-refractivity contribution in [3.8, 4) is 11.5 Å². The van der Waals surface area contributed by atoms with Crippen molar-refractivity contribution in [2.45, 2.75) is 31.3 Å². The predicted octanol–water partition coefficient (Wildman–Crippen LogP) is 0.434. The maximum atomic E-state index is 13.0. The van der Waals surface area contributed by atoms with Crippen LogP contribution < -0.4 is 19.7 Å². The minimum Gasteiger partial charge on any atom is -0.497 e. The van der Waals surface area contributed by atoms with Crippen LogP contribution in [0.3, 0.4) is 0 Å². The molecular formula is C21H29N3O6S. The van der Waals surface area contributed by atoms with Gasteiger partial charge in [-0.25, -0.2) is 8.42 Å². The Bertz CT molecular complexity index is 960. The van der Waals surface area contributed by atoms with Gasteiger partial charge in [0.15, 0.2) is 9.84 Å². The van der Waals surface area contributed by atoms with E-state index in [0.29, 0.717) is 17.2 Å². The fourth-order valence-electron chi connectivity index (χ4n) is 4.82. The van der Waals surface area contributed by atoms with E-state index in [0.717, 1.165) is 25.9 Å². The van der Waals surface area contributed by atoms with Crippen LogP contribution in [0.4, 0.5) is 5.69 Å². The molecule has 1 aromatic carbocycles. The lowest BCUT2D eigenvalue weighted by Crippen LogP contribution is -2.51. The van der Waals surface area contributed by atoms with Gasteiger partial charge in [0.1, 0.15) is 11.5 Å². The van der Waals surface area contributed by atoms with Crippen LogP contribution in [0.2, 0.25) is 0 Å². The molecule has 3 unspecified atom stereocenters. The minimum absolute atomic E-state index is 0.0476. The monoisotopic (exact) mass is 451 g/mol. The summed E-state index contributed by atoms with van der Waals surface area (Å²) in [6.07, 6.45) is 2.16. The van der Waals surface area contributed by atoms with Crippen molar-refractivity contribution < 1.29 is 27.5 Å². The van der Waals surface area contributed by atoms with E-state index in [1.165, 1.54) is 12.0 Å². The van der Waals surface area contributed by atoms with Gasteiger partial charge in [-0.2, -0.15) is 0 Å². The van der Waals surface area contributed by atoms with Crippen LogP contribution >= 0.6 is 0 Å². The lowest BCUT2D eigenvalue weighted by Gasteiger charge is -2.29. The first kappa shape index (κ1) is 21.9. The number of ether oxygens (including phenoxy) is 2. The first-order chi connectivity index (χ1) is 14.8. The van der Waals surface area contributed by atoms with Crippen LogP contribution in [-0.2, 0) is 19.4 Å². The van der Waals surface area contributed by atoms with E-state index in [-0.39, 0.29) is 42.3 Å². The summed E-state index contributed by atoms with van der Waals surface area (Å²) >= 11 is 0. The average molecular weight is 452 g/mol. The van der Waals surface area contributed by atoms with E-state index < -0.39 is 21.8 Å². The number of anilines is 1. The Morgan fingerprint density at radius 1 is 1.13 bits per heavy atom. The molecule has 0 bridgehead atoms. The average Bonchev–Trinajstić information content (AvgIpc) is 3.46. The van der Waals surface area contributed by atoms with E-state index in [9.17, 15) is 18.0 Å². The quantitative estimate of drug-likeness (QED) is 0.669. The molecule has 4 rings (SSSR count). The Balaban J connectivity index is 1.47. The highest BCUT2D eigenvalue weighted by molar-refractivity contribution is 7.91. The summed E-state index contributed by atoms with van der Waals surface area (Å²) in [5, 5.41) is 2.95. The second kappa shape index (κ2) is 8.66. The summed E-state index contributed by atoms with van der Waals surface area (Å²) < 4.78 is 35.2. The van der Waals surface area contributed by atoms with Crippen molar-refractivity contribution >= 4 is 27.3 Å². The van der Waals surface area contributed by atoms with E-state index in [2.05, 4.69) is 10.2 Å². The molecule has 0 saturated carbocycles. The van der Waals surface area contributed by atoms with Crippen molar-refractivity contribution in [1.82, 2.24) is 10.2 Å². The number of carbonyl (C=O) groups excluding carboxylic acids is 2. The molecule has 31 heavy (non-hydrogen) atoms. The molecule has 1 aromatic rings. The predicted molar refractivity (Wildman–Crippen MR) is 115 cm³/mol. The summed E-state index contributed by atoms with van der Waals surface area (Å²) in [4.78, 5) is 29.4. The van der Waals surface area contributed by atoms with Crippen molar-refractivity contribution in [3.63, 3.8) is 0 Å². The zero-order valence-electron chi connectivity index (χ0n) is 17.9. The van der Waals surface area contributed by atoms with Crippen molar-refractivity contribution in [1.29, 1.82) is 0 Å². The maximum absolute atomic E-state index is 13.0. The lowest BCUT2D eigenvalue weighted by molar-refractivity contribution is -0.127. The Morgan fingerprint density at radius 3 is 2.55 bits per heavy atom. The number of benzene rings is 1. The third-order valence-electron chi connectivity index (χ3n) is 6.43. The molecule has 3 atom stereocenters. The highest BCUT2D eigenvalue weighted by Gasteiger charge is 2.44. The molecule has 170 valence electrons. The molecule has 0 spiro atoms. The van der Waals surface area contributed by atoms with Gasteiger partial charge in [-0.1, -0.05) is 0 Å².